The van der Waals surface area contributed by atoms with Gasteiger partial charge < -0.3 is 95.9 Å². The molecule has 19 rings (SSSR count). The summed E-state index contributed by atoms with van der Waals surface area (Å²) in [5, 5.41) is 67.6. The van der Waals surface area contributed by atoms with E-state index < -0.39 is 43.0 Å². The Morgan fingerprint density at radius 3 is 1.17 bits per heavy atom. The number of hydrogen-bond acceptors (Lipinski definition) is 22. The van der Waals surface area contributed by atoms with Crippen LogP contribution < -0.4 is 21.9 Å². The lowest BCUT2D eigenvalue weighted by atomic mass is 9.66. The van der Waals surface area contributed by atoms with Crippen LogP contribution in [0.4, 0.5) is 30.6 Å². The Kier molecular flexibility index (Phi) is 22.6. The molecule has 7 saturated carbocycles. The number of aromatic amines is 3. The second-order valence-electron chi connectivity index (χ2n) is 37.1. The first-order valence-corrected chi connectivity index (χ1v) is 42.6. The van der Waals surface area contributed by atoms with Crippen LogP contribution in [0.15, 0.2) is 110 Å². The van der Waals surface area contributed by atoms with Crippen molar-refractivity contribution in [1.82, 2.24) is 88.2 Å². The molecule has 28 nitrogen and oxygen atoms in total. The minimum Gasteiger partial charge on any atom is -0.406 e. The monoisotopic (exact) mass is 1630 g/mol. The Morgan fingerprint density at radius 2 is 0.815 bits per heavy atom. The van der Waals surface area contributed by atoms with E-state index >= 15 is 0 Å². The zero-order valence-electron chi connectivity index (χ0n) is 68.8. The van der Waals surface area contributed by atoms with Gasteiger partial charge in [0.2, 0.25) is 0 Å². The molecule has 0 aliphatic heterocycles. The summed E-state index contributed by atoms with van der Waals surface area (Å²) in [6, 6.07) is 23.7. The Hall–Kier alpha value is -9.44. The summed E-state index contributed by atoms with van der Waals surface area (Å²) in [4.78, 5) is 56.7. The Bertz CT molecular complexity index is 5560. The van der Waals surface area contributed by atoms with Crippen LogP contribution in [0.1, 0.15) is 171 Å². The van der Waals surface area contributed by atoms with E-state index in [1.165, 1.54) is 85.9 Å². The summed E-state index contributed by atoms with van der Waals surface area (Å²) in [6.45, 7) is 11.3. The van der Waals surface area contributed by atoms with E-state index in [-0.39, 0.29) is 47.0 Å². The number of imidazole rings is 3. The molecule has 119 heavy (non-hydrogen) atoms. The Morgan fingerprint density at radius 1 is 0.462 bits per heavy atom. The molecular formula is C88H114F3N21O7. The van der Waals surface area contributed by atoms with E-state index in [9.17, 15) is 43.8 Å². The van der Waals surface area contributed by atoms with Crippen molar-refractivity contribution in [3.8, 4) is 5.75 Å². The lowest BCUT2D eigenvalue weighted by Crippen LogP contribution is -2.46. The quantitative estimate of drug-likeness (QED) is 0.0283. The number of nitrogen functional groups attached to an aromatic ring is 3. The maximum absolute atomic E-state index is 12.5. The fraction of sp³-hybridized carbons (Fsp3) is 0.557. The van der Waals surface area contributed by atoms with Crippen LogP contribution in [0.25, 0.3) is 66.2 Å². The van der Waals surface area contributed by atoms with Gasteiger partial charge in [0.05, 0.1) is 85.7 Å². The number of H-pyrrole nitrogens is 3. The highest BCUT2D eigenvalue weighted by atomic mass is 19.4. The predicted molar refractivity (Wildman–Crippen MR) is 451 cm³/mol. The van der Waals surface area contributed by atoms with Crippen LogP contribution in [-0.2, 0) is 30.1 Å². The van der Waals surface area contributed by atoms with Gasteiger partial charge in [-0.15, -0.1) is 13.2 Å². The van der Waals surface area contributed by atoms with E-state index in [2.05, 4.69) is 155 Å². The number of aliphatic hydroxyl groups is 6. The van der Waals surface area contributed by atoms with Gasteiger partial charge >= 0.3 is 6.36 Å². The maximum Gasteiger partial charge on any atom is 0.573 e. The molecular weight excluding hydrogens is 1520 g/mol. The van der Waals surface area contributed by atoms with Crippen molar-refractivity contribution in [3.63, 3.8) is 0 Å². The number of hydrogen-bond donors (Lipinski definition) is 12. The second kappa shape index (κ2) is 32.8. The molecule has 0 bridgehead atoms. The van der Waals surface area contributed by atoms with Gasteiger partial charge in [0.15, 0.2) is 0 Å². The van der Waals surface area contributed by atoms with Gasteiger partial charge in [0.1, 0.15) is 94.9 Å². The highest BCUT2D eigenvalue weighted by Gasteiger charge is 2.48. The Labute approximate surface area is 688 Å². The Balaban J connectivity index is 0.000000128. The minimum atomic E-state index is -4.73. The molecule has 9 aromatic heterocycles. The summed E-state index contributed by atoms with van der Waals surface area (Å²) in [6.07, 6.45) is 18.8. The molecule has 634 valence electrons. The fourth-order valence-electron chi connectivity index (χ4n) is 20.5. The molecule has 12 aromatic rings. The van der Waals surface area contributed by atoms with E-state index in [0.29, 0.717) is 119 Å². The number of aromatic nitrogens is 15. The van der Waals surface area contributed by atoms with Crippen molar-refractivity contribution in [2.75, 3.05) is 58.0 Å². The van der Waals surface area contributed by atoms with E-state index in [4.69, 9.17) is 27.2 Å². The third-order valence-corrected chi connectivity index (χ3v) is 28.3. The largest absolute Gasteiger partial charge is 0.573 e. The first-order valence-electron chi connectivity index (χ1n) is 42.6. The predicted octanol–water partition coefficient (Wildman–Crippen LogP) is 11.2. The standard InChI is InChI=1S/C31H41N7O2.C30H41N7O2.C27H32F3N7O3/c1-31(9-3-10-31)20-5-6-23-24(15-20)36-26(35-23)7-4-18-12-21(13-18)37(2)16-19-14-25(28(40)27(19)39)38-11-8-22-29(32)33-17-34-30(22)38;1-30(2,3)19-6-7-22-23(14-19)35-25(34-22)8-5-17-11-20(12-17)36(4)15-18-13-24(27(39)26(18)38)37-10-9-21-28(31)32-16-33-29(21)37;1-36(12-15-10-21(24(39)23(15)38)37-7-6-18-25(31)32-13-33-26(18)37)16-8-14(9-16)2-5-22-34-19-4-3-17(11-20(19)35-22)40-27(28,29)30/h5-6,8,11,15,17-19,21,25,27-28,39-40H,3-4,7,9-10,12-14,16H2,1-2H3,(H,35,36)(H2,32,33,34);6-7,9-10,14,16-18,20,24,26-27,38-39H,5,8,11-13,15H2,1-4H3,(H,34,35)(H2,31,32,33);3-4,6-7,11,13-16,21,23-24,38-39H,2,5,8-10,12H2,1H3,(H,34,35)(H2,31,32,33)/t18?,19-,21?,25-,27-,28+;17?,18-,20?,24-,26-,27+;14?,15-,16?,21-,23-,24+/m111/s1. The molecule has 0 unspecified atom stereocenters. The number of nitrogens with one attached hydrogen (secondary N) is 3. The molecule has 9 heterocycles. The van der Waals surface area contributed by atoms with Crippen molar-refractivity contribution in [2.24, 2.45) is 35.5 Å². The first-order chi connectivity index (χ1) is 56.9. The summed E-state index contributed by atoms with van der Waals surface area (Å²) in [5.74, 6) is 5.73. The van der Waals surface area contributed by atoms with E-state index in [1.807, 2.05) is 50.5 Å². The summed E-state index contributed by atoms with van der Waals surface area (Å²) < 4.78 is 47.3. The number of alkyl halides is 3. The average molecular weight is 1640 g/mol. The van der Waals surface area contributed by atoms with Gasteiger partial charge in [-0.25, -0.2) is 44.9 Å². The topological polar surface area (TPSA) is 397 Å². The summed E-state index contributed by atoms with van der Waals surface area (Å²) >= 11 is 0. The van der Waals surface area contributed by atoms with Crippen molar-refractivity contribution in [1.29, 1.82) is 0 Å². The third kappa shape index (κ3) is 16.8. The fourth-order valence-corrected chi connectivity index (χ4v) is 20.5. The van der Waals surface area contributed by atoms with Gasteiger partial charge in [0, 0.05) is 99.4 Å². The summed E-state index contributed by atoms with van der Waals surface area (Å²) in [5.41, 5.74) is 28.8. The highest BCUT2D eigenvalue weighted by molar-refractivity contribution is 5.88. The molecule has 3 aromatic carbocycles. The van der Waals surface area contributed by atoms with Crippen LogP contribution in [-0.4, -0.2) is 221 Å². The normalized spacial score (nSPS) is 28.1. The molecule has 0 amide bonds. The maximum atomic E-state index is 12.5. The number of rotatable bonds is 23. The zero-order chi connectivity index (χ0) is 83.3. The molecule has 0 radical (unpaired) electrons. The summed E-state index contributed by atoms with van der Waals surface area (Å²) in [7, 11) is 6.37. The molecule has 7 fully saturated rings. The molecule has 12 atom stereocenters. The zero-order valence-corrected chi connectivity index (χ0v) is 68.8. The minimum absolute atomic E-state index is 0.000720. The average Bonchev–Trinajstić information content (AvgIpc) is 1.47. The van der Waals surface area contributed by atoms with Crippen LogP contribution in [0, 0.1) is 35.5 Å². The molecule has 0 saturated heterocycles. The van der Waals surface area contributed by atoms with Crippen molar-refractivity contribution < 1.29 is 48.5 Å². The van der Waals surface area contributed by atoms with Crippen LogP contribution in [0.2, 0.25) is 0 Å². The lowest BCUT2D eigenvalue weighted by molar-refractivity contribution is -0.274. The number of aliphatic hydroxyl groups excluding tert-OH is 6. The second-order valence-corrected chi connectivity index (χ2v) is 37.1. The van der Waals surface area contributed by atoms with Crippen molar-refractivity contribution in [2.45, 2.75) is 233 Å². The van der Waals surface area contributed by atoms with Gasteiger partial charge in [-0.2, -0.15) is 0 Å². The number of benzene rings is 3. The van der Waals surface area contributed by atoms with Crippen molar-refractivity contribution >= 4 is 83.7 Å². The molecule has 31 heteroatoms. The number of aryl methyl sites for hydroxylation is 3. The number of nitrogens with two attached hydrogens (primary N) is 3. The number of halogens is 3. The molecule has 15 N–H and O–H groups in total. The van der Waals surface area contributed by atoms with Gasteiger partial charge in [-0.1, -0.05) is 46.2 Å². The number of fused-ring (bicyclic) bond motifs is 6. The third-order valence-electron chi connectivity index (χ3n) is 28.3. The number of nitrogens with zero attached hydrogens (tertiary/aromatic N) is 15. The van der Waals surface area contributed by atoms with E-state index in [0.717, 1.165) is 121 Å². The SMILES string of the molecule is CN(C[C@H]1C[C@@H](n2ccc3c(N)ncnc32)[C@H](O)[C@@H]1O)C1CC(CCc2nc3ccc(C(C)(C)C)cc3[nH]2)C1.CN(C[C@H]1C[C@@H](n2ccc3c(N)ncnc32)[C@H](O)[C@@H]1O)C1CC(CCc2nc3ccc(C4(C)CCC4)cc3[nH]2)C1.CN(C[C@H]1C[C@@H](n2ccc3c(N)ncnc32)[C@H](O)[C@@H]1O)C1CC(CCc2nc3ccc(OC(F)(F)F)cc3[nH]2)C1. The smallest absolute Gasteiger partial charge is 0.406 e. The molecule has 7 aliphatic rings. The van der Waals surface area contributed by atoms with Gasteiger partial charge in [-0.3, -0.25) is 0 Å². The lowest BCUT2D eigenvalue weighted by Gasteiger charge is -2.42. The number of anilines is 3. The van der Waals surface area contributed by atoms with Crippen LogP contribution in [0.3, 0.4) is 0 Å². The van der Waals surface area contributed by atoms with Crippen LogP contribution >= 0.6 is 0 Å². The van der Waals surface area contributed by atoms with Crippen molar-refractivity contribution in [3.05, 3.63) is 139 Å². The first kappa shape index (κ1) is 81.9. The molecule has 0 spiro atoms. The van der Waals surface area contributed by atoms with Gasteiger partial charge in [0.25, 0.3) is 0 Å². The molecule has 7 aliphatic carbocycles. The number of ether oxygens (including phenoxy) is 1. The highest BCUT2D eigenvalue weighted by Crippen LogP contribution is 2.47. The van der Waals surface area contributed by atoms with E-state index in [1.54, 1.807) is 0 Å². The van der Waals surface area contributed by atoms with Gasteiger partial charge in [-0.05, 0) is 205 Å². The van der Waals surface area contributed by atoms with Crippen LogP contribution in [0.5, 0.6) is 5.75 Å².